The summed E-state index contributed by atoms with van der Waals surface area (Å²) in [5.41, 5.74) is 2.61. The van der Waals surface area contributed by atoms with E-state index in [1.54, 1.807) is 12.3 Å². The molecule has 8 heteroatoms. The molecule has 0 radical (unpaired) electrons. The largest absolute Gasteiger partial charge is 0.292 e. The quantitative estimate of drug-likeness (QED) is 0.369. The molecule has 2 rings (SSSR count). The zero-order valence-electron chi connectivity index (χ0n) is 10.9. The topological polar surface area (TPSA) is 116 Å². The number of nitrogens with two attached hydrogens (primary N) is 1. The summed E-state index contributed by atoms with van der Waals surface area (Å²) in [5.74, 6) is 4.81. The predicted octanol–water partition coefficient (Wildman–Crippen LogP) is 1.28. The lowest BCUT2D eigenvalue weighted by Crippen LogP contribution is -2.37. The molecule has 3 N–H and O–H groups in total. The first-order valence-corrected chi connectivity index (χ1v) is 6.20. The molecule has 0 bridgehead atoms. The molecule has 0 fully saturated rings. The molecule has 106 valence electrons. The Kier molecular flexibility index (Phi) is 3.94. The fraction of sp³-hybridized carbons (Fsp3) is 0.333. The number of aromatic nitrogens is 2. The van der Waals surface area contributed by atoms with Crippen molar-refractivity contribution in [1.82, 2.24) is 15.2 Å². The highest BCUT2D eigenvalue weighted by molar-refractivity contribution is 5.85. The smallest absolute Gasteiger partial charge is 0.271 e. The van der Waals surface area contributed by atoms with E-state index in [-0.39, 0.29) is 11.6 Å². The van der Waals surface area contributed by atoms with Crippen molar-refractivity contribution in [3.8, 4) is 0 Å². The number of carbonyl (C=O) groups excluding carboxylic acids is 1. The third-order valence-corrected chi connectivity index (χ3v) is 3.10. The molecule has 0 saturated carbocycles. The molecule has 0 saturated heterocycles. The van der Waals surface area contributed by atoms with Crippen LogP contribution in [0.3, 0.4) is 0 Å². The van der Waals surface area contributed by atoms with Crippen molar-refractivity contribution in [1.29, 1.82) is 0 Å². The Labute approximate surface area is 114 Å². The van der Waals surface area contributed by atoms with E-state index in [0.717, 1.165) is 11.8 Å². The highest BCUT2D eigenvalue weighted by Crippen LogP contribution is 2.25. The summed E-state index contributed by atoms with van der Waals surface area (Å²) in [5, 5.41) is 15.7. The van der Waals surface area contributed by atoms with Gasteiger partial charge in [-0.2, -0.15) is 5.10 Å². The lowest BCUT2D eigenvalue weighted by Gasteiger charge is -2.15. The second kappa shape index (κ2) is 5.66. The number of nitrogens with zero attached hydrogens (tertiary/aromatic N) is 3. The zero-order chi connectivity index (χ0) is 14.7. The number of rotatable bonds is 5. The zero-order valence-corrected chi connectivity index (χ0v) is 10.9. The van der Waals surface area contributed by atoms with Gasteiger partial charge in [-0.25, -0.2) is 5.84 Å². The third-order valence-electron chi connectivity index (χ3n) is 3.10. The van der Waals surface area contributed by atoms with Crippen LogP contribution >= 0.6 is 0 Å². The van der Waals surface area contributed by atoms with Crippen molar-refractivity contribution in [2.45, 2.75) is 25.8 Å². The van der Waals surface area contributed by atoms with Crippen LogP contribution in [0.5, 0.6) is 0 Å². The van der Waals surface area contributed by atoms with Crippen molar-refractivity contribution in [2.75, 3.05) is 0 Å². The Hall–Kier alpha value is -2.48. The van der Waals surface area contributed by atoms with E-state index >= 15 is 0 Å². The van der Waals surface area contributed by atoms with Crippen molar-refractivity contribution >= 4 is 22.5 Å². The number of nitro benzene ring substituents is 1. The average molecular weight is 277 g/mol. The van der Waals surface area contributed by atoms with Crippen LogP contribution in [0.15, 0.2) is 24.4 Å². The fourth-order valence-corrected chi connectivity index (χ4v) is 2.12. The first-order chi connectivity index (χ1) is 9.58. The van der Waals surface area contributed by atoms with Crippen molar-refractivity contribution in [2.24, 2.45) is 5.84 Å². The highest BCUT2D eigenvalue weighted by atomic mass is 16.6. The maximum Gasteiger partial charge on any atom is 0.271 e. The van der Waals surface area contributed by atoms with Crippen LogP contribution in [0.25, 0.3) is 10.9 Å². The first kappa shape index (κ1) is 13.9. The summed E-state index contributed by atoms with van der Waals surface area (Å²) in [6.07, 6.45) is 2.88. The van der Waals surface area contributed by atoms with Gasteiger partial charge in [0.1, 0.15) is 6.04 Å². The molecule has 1 heterocycles. The highest BCUT2D eigenvalue weighted by Gasteiger charge is 2.22. The molecular weight excluding hydrogens is 262 g/mol. The summed E-state index contributed by atoms with van der Waals surface area (Å²) >= 11 is 0. The molecular formula is C12H15N5O3. The SMILES string of the molecule is CCCC(C(=O)NN)n1ncc2ccc([N+](=O)[O-])cc21. The van der Waals surface area contributed by atoms with Gasteiger partial charge in [0, 0.05) is 17.5 Å². The van der Waals surface area contributed by atoms with Gasteiger partial charge in [-0.1, -0.05) is 13.3 Å². The Balaban J connectivity index is 2.54. The number of fused-ring (bicyclic) bond motifs is 1. The average Bonchev–Trinajstić information content (AvgIpc) is 2.86. The van der Waals surface area contributed by atoms with Gasteiger partial charge in [0.2, 0.25) is 0 Å². The van der Waals surface area contributed by atoms with Gasteiger partial charge in [0.25, 0.3) is 11.6 Å². The van der Waals surface area contributed by atoms with E-state index in [9.17, 15) is 14.9 Å². The number of hydrogen-bond acceptors (Lipinski definition) is 5. The van der Waals surface area contributed by atoms with Gasteiger partial charge in [0.05, 0.1) is 16.6 Å². The molecule has 2 aromatic rings. The standard InChI is InChI=1S/C12H15N5O3/c1-2-3-10(12(18)15-13)16-11-6-9(17(19)20)5-4-8(11)7-14-16/h4-7,10H,2-3,13H2,1H3,(H,15,18). The molecule has 1 atom stereocenters. The maximum atomic E-state index is 11.8. The molecule has 0 aliphatic carbocycles. The number of nitro groups is 1. The Morgan fingerprint density at radius 3 is 2.95 bits per heavy atom. The molecule has 20 heavy (non-hydrogen) atoms. The van der Waals surface area contributed by atoms with Crippen molar-refractivity contribution in [3.05, 3.63) is 34.5 Å². The molecule has 0 aliphatic rings. The summed E-state index contributed by atoms with van der Waals surface area (Å²) < 4.78 is 1.48. The van der Waals surface area contributed by atoms with Crippen molar-refractivity contribution in [3.63, 3.8) is 0 Å². The number of hydrogen-bond donors (Lipinski definition) is 2. The van der Waals surface area contributed by atoms with Crippen LogP contribution in [0, 0.1) is 10.1 Å². The maximum absolute atomic E-state index is 11.8. The van der Waals surface area contributed by atoms with Gasteiger partial charge in [-0.05, 0) is 12.5 Å². The van der Waals surface area contributed by atoms with E-state index in [1.165, 1.54) is 16.8 Å². The van der Waals surface area contributed by atoms with E-state index in [2.05, 4.69) is 10.5 Å². The summed E-state index contributed by atoms with van der Waals surface area (Å²) in [7, 11) is 0. The molecule has 1 unspecified atom stereocenters. The summed E-state index contributed by atoms with van der Waals surface area (Å²) in [6.45, 7) is 1.94. The van der Waals surface area contributed by atoms with Crippen LogP contribution in [0.4, 0.5) is 5.69 Å². The predicted molar refractivity (Wildman–Crippen MR) is 72.7 cm³/mol. The summed E-state index contributed by atoms with van der Waals surface area (Å²) in [6, 6.07) is 3.85. The van der Waals surface area contributed by atoms with Crippen LogP contribution in [-0.2, 0) is 4.79 Å². The first-order valence-electron chi connectivity index (χ1n) is 6.20. The van der Waals surface area contributed by atoms with E-state index in [4.69, 9.17) is 5.84 Å². The summed E-state index contributed by atoms with van der Waals surface area (Å²) in [4.78, 5) is 22.2. The lowest BCUT2D eigenvalue weighted by molar-refractivity contribution is -0.384. The van der Waals surface area contributed by atoms with Gasteiger partial charge in [-0.15, -0.1) is 0 Å². The monoisotopic (exact) mass is 277 g/mol. The fourth-order valence-electron chi connectivity index (χ4n) is 2.12. The normalized spacial score (nSPS) is 12.3. The minimum absolute atomic E-state index is 0.0392. The van der Waals surface area contributed by atoms with Crippen molar-refractivity contribution < 1.29 is 9.72 Å². The van der Waals surface area contributed by atoms with Gasteiger partial charge in [-0.3, -0.25) is 25.0 Å². The molecule has 0 spiro atoms. The van der Waals surface area contributed by atoms with Gasteiger partial charge in [0.15, 0.2) is 0 Å². The third kappa shape index (κ3) is 2.45. The lowest BCUT2D eigenvalue weighted by atomic mass is 10.1. The number of hydrazine groups is 1. The second-order valence-corrected chi connectivity index (χ2v) is 4.40. The number of nitrogens with one attached hydrogen (secondary N) is 1. The van der Waals surface area contributed by atoms with Crippen LogP contribution in [0.2, 0.25) is 0 Å². The Morgan fingerprint density at radius 1 is 1.60 bits per heavy atom. The van der Waals surface area contributed by atoms with Crippen LogP contribution < -0.4 is 11.3 Å². The minimum atomic E-state index is -0.579. The molecule has 8 nitrogen and oxygen atoms in total. The van der Waals surface area contributed by atoms with E-state index in [0.29, 0.717) is 11.9 Å². The Morgan fingerprint density at radius 2 is 2.35 bits per heavy atom. The number of amides is 1. The molecule has 1 amide bonds. The van der Waals surface area contributed by atoms with E-state index in [1.807, 2.05) is 6.92 Å². The van der Waals surface area contributed by atoms with Gasteiger partial charge < -0.3 is 0 Å². The number of non-ortho nitro benzene ring substituents is 1. The number of benzene rings is 1. The second-order valence-electron chi connectivity index (χ2n) is 4.40. The van der Waals surface area contributed by atoms with Crippen LogP contribution in [-0.4, -0.2) is 20.6 Å². The molecule has 1 aromatic carbocycles. The number of carbonyl (C=O) groups is 1. The molecule has 1 aromatic heterocycles. The Bertz CT molecular complexity index is 652. The van der Waals surface area contributed by atoms with E-state index < -0.39 is 11.0 Å². The molecule has 0 aliphatic heterocycles. The van der Waals surface area contributed by atoms with Crippen LogP contribution in [0.1, 0.15) is 25.8 Å². The minimum Gasteiger partial charge on any atom is -0.292 e. The van der Waals surface area contributed by atoms with Gasteiger partial charge >= 0.3 is 0 Å².